The average molecular weight is 281 g/mol. The molecule has 20 heavy (non-hydrogen) atoms. The largest absolute Gasteiger partial charge is 0.377 e. The van der Waals surface area contributed by atoms with Gasteiger partial charge in [0, 0.05) is 38.3 Å². The van der Waals surface area contributed by atoms with Crippen LogP contribution in [-0.4, -0.2) is 73.9 Å². The zero-order valence-electron chi connectivity index (χ0n) is 13.0. The molecule has 3 aliphatic rings. The fraction of sp³-hybridized carbons (Fsp3) is 1.00. The number of hydrogen-bond acceptors (Lipinski definition) is 4. The molecule has 4 nitrogen and oxygen atoms in total. The molecule has 1 N–H and O–H groups in total. The molecule has 0 saturated carbocycles. The second-order valence-electron chi connectivity index (χ2n) is 6.78. The Labute approximate surface area is 123 Å². The Morgan fingerprint density at radius 3 is 2.90 bits per heavy atom. The van der Waals surface area contributed by atoms with Gasteiger partial charge in [0.25, 0.3) is 0 Å². The number of ether oxygens (including phenoxy) is 1. The van der Waals surface area contributed by atoms with Crippen molar-refractivity contribution >= 4 is 0 Å². The lowest BCUT2D eigenvalue weighted by atomic mass is 10.1. The van der Waals surface area contributed by atoms with Crippen molar-refractivity contribution < 1.29 is 4.74 Å². The third kappa shape index (κ3) is 3.73. The molecule has 3 atom stereocenters. The fourth-order valence-electron chi connectivity index (χ4n) is 4.06. The Hall–Kier alpha value is -0.160. The van der Waals surface area contributed by atoms with E-state index in [2.05, 4.69) is 22.0 Å². The zero-order chi connectivity index (χ0) is 13.8. The van der Waals surface area contributed by atoms with E-state index in [0.717, 1.165) is 19.2 Å². The standard InChI is InChI=1S/C16H31N3O/c1-14(16-6-3-12-20-16)17-7-11-18-8-4-10-19-9-2-5-15(19)13-18/h14-17H,2-13H2,1H3. The lowest BCUT2D eigenvalue weighted by molar-refractivity contribution is 0.0825. The van der Waals surface area contributed by atoms with Gasteiger partial charge in [-0.1, -0.05) is 0 Å². The van der Waals surface area contributed by atoms with Gasteiger partial charge in [-0.25, -0.2) is 0 Å². The third-order valence-corrected chi connectivity index (χ3v) is 5.30. The maximum Gasteiger partial charge on any atom is 0.0726 e. The van der Waals surface area contributed by atoms with Crippen molar-refractivity contribution in [2.75, 3.05) is 45.9 Å². The summed E-state index contributed by atoms with van der Waals surface area (Å²) in [6, 6.07) is 1.35. The number of fused-ring (bicyclic) bond motifs is 1. The quantitative estimate of drug-likeness (QED) is 0.822. The molecule has 0 aliphatic carbocycles. The Balaban J connectivity index is 1.37. The number of nitrogens with zero attached hydrogens (tertiary/aromatic N) is 2. The monoisotopic (exact) mass is 281 g/mol. The summed E-state index contributed by atoms with van der Waals surface area (Å²) in [5.41, 5.74) is 0. The lowest BCUT2D eigenvalue weighted by Crippen LogP contribution is -2.43. The lowest BCUT2D eigenvalue weighted by Gasteiger charge is -2.27. The first kappa shape index (κ1) is 14.8. The summed E-state index contributed by atoms with van der Waals surface area (Å²) in [5, 5.41) is 3.67. The minimum Gasteiger partial charge on any atom is -0.377 e. The molecule has 0 aromatic rings. The van der Waals surface area contributed by atoms with Gasteiger partial charge in [0.1, 0.15) is 0 Å². The molecule has 0 radical (unpaired) electrons. The Kier molecular flexibility index (Phi) is 5.32. The zero-order valence-corrected chi connectivity index (χ0v) is 13.0. The van der Waals surface area contributed by atoms with E-state index >= 15 is 0 Å². The second kappa shape index (κ2) is 7.21. The van der Waals surface area contributed by atoms with Gasteiger partial charge < -0.3 is 15.0 Å². The molecule has 116 valence electrons. The van der Waals surface area contributed by atoms with Crippen molar-refractivity contribution in [1.29, 1.82) is 0 Å². The summed E-state index contributed by atoms with van der Waals surface area (Å²) >= 11 is 0. The van der Waals surface area contributed by atoms with Gasteiger partial charge in [-0.2, -0.15) is 0 Å². The van der Waals surface area contributed by atoms with E-state index in [1.165, 1.54) is 64.8 Å². The van der Waals surface area contributed by atoms with Crippen molar-refractivity contribution in [1.82, 2.24) is 15.1 Å². The van der Waals surface area contributed by atoms with E-state index in [-0.39, 0.29) is 0 Å². The molecule has 3 fully saturated rings. The van der Waals surface area contributed by atoms with Gasteiger partial charge in [0.2, 0.25) is 0 Å². The van der Waals surface area contributed by atoms with Gasteiger partial charge >= 0.3 is 0 Å². The topological polar surface area (TPSA) is 27.7 Å². The van der Waals surface area contributed by atoms with Crippen molar-refractivity contribution in [3.8, 4) is 0 Å². The Morgan fingerprint density at radius 2 is 2.05 bits per heavy atom. The summed E-state index contributed by atoms with van der Waals surface area (Å²) < 4.78 is 5.75. The highest BCUT2D eigenvalue weighted by atomic mass is 16.5. The van der Waals surface area contributed by atoms with Crippen LogP contribution < -0.4 is 5.32 Å². The third-order valence-electron chi connectivity index (χ3n) is 5.30. The summed E-state index contributed by atoms with van der Waals surface area (Å²) in [6.07, 6.45) is 7.08. The summed E-state index contributed by atoms with van der Waals surface area (Å²) in [5.74, 6) is 0. The summed E-state index contributed by atoms with van der Waals surface area (Å²) in [7, 11) is 0. The van der Waals surface area contributed by atoms with Gasteiger partial charge in [0.15, 0.2) is 0 Å². The van der Waals surface area contributed by atoms with E-state index in [9.17, 15) is 0 Å². The minimum absolute atomic E-state index is 0.449. The molecule has 3 aliphatic heterocycles. The molecular formula is C16H31N3O. The molecule has 0 amide bonds. The van der Waals surface area contributed by atoms with E-state index in [1.54, 1.807) is 0 Å². The molecule has 0 spiro atoms. The van der Waals surface area contributed by atoms with Crippen LogP contribution in [0.2, 0.25) is 0 Å². The van der Waals surface area contributed by atoms with E-state index < -0.39 is 0 Å². The van der Waals surface area contributed by atoms with Gasteiger partial charge in [-0.15, -0.1) is 0 Å². The first-order chi connectivity index (χ1) is 9.83. The highest BCUT2D eigenvalue weighted by Gasteiger charge is 2.28. The minimum atomic E-state index is 0.449. The van der Waals surface area contributed by atoms with E-state index in [4.69, 9.17) is 4.74 Å². The van der Waals surface area contributed by atoms with Crippen LogP contribution >= 0.6 is 0 Å². The van der Waals surface area contributed by atoms with Crippen LogP contribution in [0, 0.1) is 0 Å². The van der Waals surface area contributed by atoms with Gasteiger partial charge in [-0.05, 0) is 58.7 Å². The molecule has 3 unspecified atom stereocenters. The fourth-order valence-corrected chi connectivity index (χ4v) is 4.06. The maximum atomic E-state index is 5.75. The molecule has 0 aromatic carbocycles. The highest BCUT2D eigenvalue weighted by Crippen LogP contribution is 2.21. The predicted molar refractivity (Wildman–Crippen MR) is 82.1 cm³/mol. The van der Waals surface area contributed by atoms with Crippen molar-refractivity contribution in [2.45, 2.75) is 57.2 Å². The summed E-state index contributed by atoms with van der Waals surface area (Å²) in [6.45, 7) is 10.8. The van der Waals surface area contributed by atoms with Crippen LogP contribution in [-0.2, 0) is 4.74 Å². The predicted octanol–water partition coefficient (Wildman–Crippen LogP) is 1.31. The van der Waals surface area contributed by atoms with Crippen LogP contribution in [0.1, 0.15) is 39.0 Å². The van der Waals surface area contributed by atoms with Crippen LogP contribution in [0.15, 0.2) is 0 Å². The van der Waals surface area contributed by atoms with Crippen molar-refractivity contribution in [2.24, 2.45) is 0 Å². The van der Waals surface area contributed by atoms with Gasteiger partial charge in [-0.3, -0.25) is 4.90 Å². The number of rotatable bonds is 5. The smallest absolute Gasteiger partial charge is 0.0726 e. The molecule has 0 bridgehead atoms. The maximum absolute atomic E-state index is 5.75. The average Bonchev–Trinajstić information content (AvgIpc) is 3.08. The van der Waals surface area contributed by atoms with Crippen LogP contribution in [0.5, 0.6) is 0 Å². The highest BCUT2D eigenvalue weighted by molar-refractivity contribution is 4.85. The number of nitrogens with one attached hydrogen (secondary N) is 1. The SMILES string of the molecule is CC(NCCN1CCCN2CCCC2C1)C1CCCO1. The van der Waals surface area contributed by atoms with Crippen molar-refractivity contribution in [3.63, 3.8) is 0 Å². The molecule has 0 aromatic heterocycles. The number of hydrogen-bond donors (Lipinski definition) is 1. The van der Waals surface area contributed by atoms with Crippen molar-refractivity contribution in [3.05, 3.63) is 0 Å². The molecular weight excluding hydrogens is 250 g/mol. The first-order valence-electron chi connectivity index (χ1n) is 8.64. The molecule has 3 saturated heterocycles. The first-order valence-corrected chi connectivity index (χ1v) is 8.64. The van der Waals surface area contributed by atoms with Crippen LogP contribution in [0.3, 0.4) is 0 Å². The second-order valence-corrected chi connectivity index (χ2v) is 6.78. The molecule has 4 heteroatoms. The van der Waals surface area contributed by atoms with Gasteiger partial charge in [0.05, 0.1) is 6.10 Å². The van der Waals surface area contributed by atoms with Crippen LogP contribution in [0.25, 0.3) is 0 Å². The van der Waals surface area contributed by atoms with E-state index in [0.29, 0.717) is 12.1 Å². The Bertz CT molecular complexity index is 293. The Morgan fingerprint density at radius 1 is 1.15 bits per heavy atom. The molecule has 3 rings (SSSR count). The summed E-state index contributed by atoms with van der Waals surface area (Å²) in [4.78, 5) is 5.38. The normalized spacial score (nSPS) is 34.0. The molecule has 3 heterocycles. The van der Waals surface area contributed by atoms with Crippen LogP contribution in [0.4, 0.5) is 0 Å². The van der Waals surface area contributed by atoms with E-state index in [1.807, 2.05) is 0 Å².